The maximum absolute atomic E-state index is 13.1. The van der Waals surface area contributed by atoms with Gasteiger partial charge in [0.15, 0.2) is 5.12 Å². The van der Waals surface area contributed by atoms with E-state index in [1.54, 1.807) is 0 Å². The summed E-state index contributed by atoms with van der Waals surface area (Å²) in [6.45, 7) is 8.24. The van der Waals surface area contributed by atoms with Gasteiger partial charge in [-0.15, -0.1) is 0 Å². The Hall–Kier alpha value is -3.39. The van der Waals surface area contributed by atoms with E-state index in [9.17, 15) is 19.8 Å². The molecule has 234 valence electrons. The summed E-state index contributed by atoms with van der Waals surface area (Å²) in [4.78, 5) is 26.1. The van der Waals surface area contributed by atoms with Crippen molar-refractivity contribution in [1.29, 1.82) is 0 Å². The molecule has 0 aliphatic heterocycles. The quantitative estimate of drug-likeness (QED) is 0.164. The minimum atomic E-state index is -1.07. The van der Waals surface area contributed by atoms with E-state index >= 15 is 0 Å². The number of rotatable bonds is 14. The van der Waals surface area contributed by atoms with Crippen LogP contribution in [0.2, 0.25) is 0 Å². The van der Waals surface area contributed by atoms with Gasteiger partial charge in [-0.1, -0.05) is 130 Å². The number of thioether (sulfide) groups is 1. The molecule has 1 amide bonds. The van der Waals surface area contributed by atoms with Crippen LogP contribution >= 0.6 is 11.8 Å². The van der Waals surface area contributed by atoms with E-state index in [1.165, 1.54) is 23.9 Å². The zero-order valence-corrected chi connectivity index (χ0v) is 26.9. The van der Waals surface area contributed by atoms with Crippen molar-refractivity contribution in [2.75, 3.05) is 6.61 Å². The maximum Gasteiger partial charge on any atom is 0.407 e. The van der Waals surface area contributed by atoms with E-state index in [0.29, 0.717) is 18.6 Å². The first-order valence-corrected chi connectivity index (χ1v) is 16.5. The Bertz CT molecular complexity index is 1360. The van der Waals surface area contributed by atoms with Gasteiger partial charge in [0.2, 0.25) is 0 Å². The smallest absolute Gasteiger partial charge is 0.407 e. The third-order valence-electron chi connectivity index (χ3n) is 7.95. The summed E-state index contributed by atoms with van der Waals surface area (Å²) >= 11 is 1.20. The molecule has 1 aliphatic rings. The summed E-state index contributed by atoms with van der Waals surface area (Å²) in [7, 11) is 0. The number of hydrogen-bond donors (Lipinski definition) is 3. The van der Waals surface area contributed by atoms with Gasteiger partial charge in [0.1, 0.15) is 6.61 Å². The Morgan fingerprint density at radius 3 is 1.93 bits per heavy atom. The van der Waals surface area contributed by atoms with Crippen molar-refractivity contribution in [3.8, 4) is 11.1 Å². The molecule has 0 radical (unpaired) electrons. The Kier molecular flexibility index (Phi) is 12.2. The van der Waals surface area contributed by atoms with Gasteiger partial charge in [0.25, 0.3) is 0 Å². The normalized spacial score (nSPS) is 15.5. The third kappa shape index (κ3) is 9.07. The van der Waals surface area contributed by atoms with Crippen LogP contribution in [0.15, 0.2) is 91.0 Å². The van der Waals surface area contributed by atoms with Crippen molar-refractivity contribution in [2.24, 2.45) is 17.8 Å². The van der Waals surface area contributed by atoms with Crippen LogP contribution in [-0.2, 0) is 15.3 Å². The molecule has 3 N–H and O–H groups in total. The molecule has 0 bridgehead atoms. The molecule has 3 aromatic rings. The van der Waals surface area contributed by atoms with Crippen molar-refractivity contribution in [2.45, 2.75) is 70.5 Å². The van der Waals surface area contributed by atoms with Gasteiger partial charge in [-0.2, -0.15) is 0 Å². The van der Waals surface area contributed by atoms with Gasteiger partial charge in [-0.25, -0.2) is 4.79 Å². The van der Waals surface area contributed by atoms with E-state index in [-0.39, 0.29) is 29.5 Å². The van der Waals surface area contributed by atoms with Gasteiger partial charge in [-0.3, -0.25) is 4.79 Å². The van der Waals surface area contributed by atoms with Gasteiger partial charge >= 0.3 is 6.09 Å². The molecule has 0 saturated carbocycles. The van der Waals surface area contributed by atoms with Gasteiger partial charge in [0.05, 0.1) is 24.2 Å². The predicted octanol–water partition coefficient (Wildman–Crippen LogP) is 7.34. The van der Waals surface area contributed by atoms with Crippen molar-refractivity contribution in [1.82, 2.24) is 5.32 Å². The zero-order valence-electron chi connectivity index (χ0n) is 26.1. The Labute approximate surface area is 265 Å². The second kappa shape index (κ2) is 16.1. The lowest BCUT2D eigenvalue weighted by Crippen LogP contribution is -2.44. The second-order valence-electron chi connectivity index (χ2n) is 12.4. The fourth-order valence-corrected chi connectivity index (χ4v) is 6.75. The number of amides is 1. The van der Waals surface area contributed by atoms with E-state index in [0.717, 1.165) is 27.8 Å². The highest BCUT2D eigenvalue weighted by Crippen LogP contribution is 2.44. The largest absolute Gasteiger partial charge is 0.449 e. The third-order valence-corrected chi connectivity index (χ3v) is 9.02. The lowest BCUT2D eigenvalue weighted by molar-refractivity contribution is -0.117. The van der Waals surface area contributed by atoms with Gasteiger partial charge in [0, 0.05) is 11.7 Å². The first-order valence-electron chi connectivity index (χ1n) is 15.5. The molecule has 0 spiro atoms. The summed E-state index contributed by atoms with van der Waals surface area (Å²) in [6, 6.07) is 25.5. The molecule has 4 atom stereocenters. The number of fused-ring (bicyclic) bond motifs is 3. The number of benzene rings is 3. The predicted molar refractivity (Wildman–Crippen MR) is 178 cm³/mol. The van der Waals surface area contributed by atoms with Crippen LogP contribution in [0.5, 0.6) is 0 Å². The number of carbonyl (C=O) groups excluding carboxylic acids is 2. The molecule has 0 aromatic heterocycles. The van der Waals surface area contributed by atoms with Crippen LogP contribution in [0, 0.1) is 17.8 Å². The average molecular weight is 616 g/mol. The highest BCUT2D eigenvalue weighted by atomic mass is 32.2. The molecular weight excluding hydrogens is 570 g/mol. The van der Waals surface area contributed by atoms with Crippen molar-refractivity contribution in [3.05, 3.63) is 108 Å². The maximum atomic E-state index is 13.1. The van der Waals surface area contributed by atoms with Crippen LogP contribution in [0.25, 0.3) is 11.1 Å². The fraction of sp³-hybridized carbons (Fsp3) is 0.405. The topological polar surface area (TPSA) is 95.9 Å². The molecule has 0 saturated heterocycles. The van der Waals surface area contributed by atoms with Crippen LogP contribution in [0.3, 0.4) is 0 Å². The SMILES string of the molecule is CC(C)C[C@H](NC(=O)OCC1c2ccccc2-c2ccccc21)[C@@H](O)/C=C\[C@@H](O)[C@@H](CC(C)C)C(=O)SCc1ccccc1. The van der Waals surface area contributed by atoms with E-state index in [1.807, 2.05) is 82.3 Å². The molecular formula is C37H45NO5S. The number of aliphatic hydroxyl groups is 2. The lowest BCUT2D eigenvalue weighted by Gasteiger charge is -2.25. The molecule has 44 heavy (non-hydrogen) atoms. The van der Waals surface area contributed by atoms with E-state index < -0.39 is 30.3 Å². The Morgan fingerprint density at radius 1 is 0.795 bits per heavy atom. The van der Waals surface area contributed by atoms with E-state index in [4.69, 9.17) is 4.74 Å². The van der Waals surface area contributed by atoms with Crippen LogP contribution in [-0.4, -0.2) is 46.3 Å². The minimum absolute atomic E-state index is 0.0631. The van der Waals surface area contributed by atoms with Gasteiger partial charge in [-0.05, 0) is 52.5 Å². The number of ether oxygens (including phenoxy) is 1. The van der Waals surface area contributed by atoms with Crippen LogP contribution < -0.4 is 5.32 Å². The first-order chi connectivity index (χ1) is 21.1. The molecule has 3 aromatic carbocycles. The summed E-state index contributed by atoms with van der Waals surface area (Å²) in [5.74, 6) is 0.260. The zero-order chi connectivity index (χ0) is 31.6. The van der Waals surface area contributed by atoms with Crippen LogP contribution in [0.4, 0.5) is 4.79 Å². The van der Waals surface area contributed by atoms with Gasteiger partial charge < -0.3 is 20.3 Å². The molecule has 0 fully saturated rings. The standard InChI is InChI=1S/C37H45NO5S/c1-24(2)20-31(36(41)44-23-26-12-6-5-7-13-26)34(39)18-19-35(40)33(21-25(3)4)38-37(42)43-22-32-29-16-10-8-14-27(29)28-15-9-11-17-30(28)32/h5-19,24-25,31-35,39-40H,20-23H2,1-4H3,(H,38,42)/b19-18-/t31-,33+,34-,35+/m1/s1. The van der Waals surface area contributed by atoms with Crippen LogP contribution in [0.1, 0.15) is 63.1 Å². The molecule has 0 unspecified atom stereocenters. The molecule has 0 heterocycles. The number of alkyl carbamates (subject to hydrolysis) is 1. The number of nitrogens with one attached hydrogen (secondary N) is 1. The summed E-state index contributed by atoms with van der Waals surface area (Å²) < 4.78 is 5.72. The molecule has 4 rings (SSSR count). The minimum Gasteiger partial charge on any atom is -0.449 e. The van der Waals surface area contributed by atoms with Crippen molar-refractivity contribution >= 4 is 23.0 Å². The highest BCUT2D eigenvalue weighted by Gasteiger charge is 2.30. The highest BCUT2D eigenvalue weighted by molar-refractivity contribution is 8.13. The lowest BCUT2D eigenvalue weighted by atomic mass is 9.92. The second-order valence-corrected chi connectivity index (χ2v) is 13.4. The molecule has 7 heteroatoms. The van der Waals surface area contributed by atoms with Crippen molar-refractivity contribution < 1.29 is 24.5 Å². The Morgan fingerprint density at radius 2 is 1.34 bits per heavy atom. The van der Waals surface area contributed by atoms with E-state index in [2.05, 4.69) is 29.6 Å². The fourth-order valence-electron chi connectivity index (χ4n) is 5.80. The molecule has 1 aliphatic carbocycles. The summed E-state index contributed by atoms with van der Waals surface area (Å²) in [5, 5.41) is 24.9. The molecule has 6 nitrogen and oxygen atoms in total. The summed E-state index contributed by atoms with van der Waals surface area (Å²) in [6.07, 6.45) is 1.28. The number of carbonyl (C=O) groups is 2. The summed E-state index contributed by atoms with van der Waals surface area (Å²) in [5.41, 5.74) is 5.61. The monoisotopic (exact) mass is 615 g/mol. The Balaban J connectivity index is 1.37. The average Bonchev–Trinajstić information content (AvgIpc) is 3.33. The number of hydrogen-bond acceptors (Lipinski definition) is 6. The van der Waals surface area contributed by atoms with Crippen molar-refractivity contribution in [3.63, 3.8) is 0 Å². The first kappa shape index (κ1) is 33.5. The number of aliphatic hydroxyl groups excluding tert-OH is 2.